The summed E-state index contributed by atoms with van der Waals surface area (Å²) in [7, 11) is 0. The molecule has 1 amide bonds. The van der Waals surface area contributed by atoms with Crippen molar-refractivity contribution in [3.05, 3.63) is 24.5 Å². The van der Waals surface area contributed by atoms with E-state index in [-0.39, 0.29) is 6.54 Å². The van der Waals surface area contributed by atoms with E-state index in [0.717, 1.165) is 0 Å². The lowest BCUT2D eigenvalue weighted by molar-refractivity contribution is -0.0513. The Hall–Kier alpha value is -1.85. The minimum absolute atomic E-state index is 0.266. The first kappa shape index (κ1) is 15.5. The van der Waals surface area contributed by atoms with Crippen molar-refractivity contribution in [1.82, 2.24) is 9.88 Å². The van der Waals surface area contributed by atoms with Crippen molar-refractivity contribution in [3.63, 3.8) is 0 Å². The molecule has 0 aromatic carbocycles. The highest BCUT2D eigenvalue weighted by atomic mass is 19.1. The number of nitrogens with zero attached hydrogens (tertiary/aromatic N) is 2. The highest BCUT2D eigenvalue weighted by molar-refractivity contribution is 5.66. The standard InChI is InChI=1S/C15H21FN2O3/c1-15(2,3)13-12(16)11(6-8-18(13)14(19)20)21-10-5-4-7-17-9-10/h4-5,7,9,11-13H,6,8H2,1-3H3,(H,19,20)/t11-,12-,13?/m1/s1. The molecule has 2 heterocycles. The van der Waals surface area contributed by atoms with Gasteiger partial charge in [0.15, 0.2) is 6.17 Å². The maximum Gasteiger partial charge on any atom is 0.407 e. The van der Waals surface area contributed by atoms with Crippen molar-refractivity contribution in [3.8, 4) is 5.75 Å². The number of amides is 1. The summed E-state index contributed by atoms with van der Waals surface area (Å²) in [5, 5.41) is 9.27. The number of alkyl halides is 1. The predicted octanol–water partition coefficient (Wildman–Crippen LogP) is 2.97. The van der Waals surface area contributed by atoms with Gasteiger partial charge in [-0.3, -0.25) is 4.98 Å². The van der Waals surface area contributed by atoms with Crippen LogP contribution >= 0.6 is 0 Å². The first-order valence-electron chi connectivity index (χ1n) is 7.01. The van der Waals surface area contributed by atoms with Gasteiger partial charge in [0.05, 0.1) is 12.2 Å². The molecule has 1 fully saturated rings. The number of hydrogen-bond donors (Lipinski definition) is 1. The van der Waals surface area contributed by atoms with E-state index in [2.05, 4.69) is 4.98 Å². The molecule has 116 valence electrons. The lowest BCUT2D eigenvalue weighted by Gasteiger charge is -2.46. The minimum atomic E-state index is -1.38. The Morgan fingerprint density at radius 1 is 1.52 bits per heavy atom. The third kappa shape index (κ3) is 3.43. The Morgan fingerprint density at radius 3 is 2.76 bits per heavy atom. The molecule has 2 rings (SSSR count). The van der Waals surface area contributed by atoms with Crippen LogP contribution in [0.2, 0.25) is 0 Å². The van der Waals surface area contributed by atoms with Crippen LogP contribution in [0.4, 0.5) is 9.18 Å². The molecule has 6 heteroatoms. The highest BCUT2D eigenvalue weighted by Gasteiger charge is 2.47. The maximum absolute atomic E-state index is 14.9. The third-order valence-corrected chi connectivity index (χ3v) is 3.70. The van der Waals surface area contributed by atoms with E-state index in [9.17, 15) is 14.3 Å². The molecular formula is C15H21FN2O3. The van der Waals surface area contributed by atoms with Crippen LogP contribution in [0.1, 0.15) is 27.2 Å². The van der Waals surface area contributed by atoms with E-state index in [4.69, 9.17) is 4.74 Å². The molecule has 1 aromatic heterocycles. The normalized spacial score (nSPS) is 26.5. The summed E-state index contributed by atoms with van der Waals surface area (Å²) in [6.45, 7) is 5.79. The smallest absolute Gasteiger partial charge is 0.407 e. The highest BCUT2D eigenvalue weighted by Crippen LogP contribution is 2.35. The fraction of sp³-hybridized carbons (Fsp3) is 0.600. The number of ether oxygens (including phenoxy) is 1. The summed E-state index contributed by atoms with van der Waals surface area (Å²) in [6, 6.07) is 2.70. The Bertz CT molecular complexity index is 489. The summed E-state index contributed by atoms with van der Waals surface area (Å²) < 4.78 is 20.5. The van der Waals surface area contributed by atoms with Crippen molar-refractivity contribution in [1.29, 1.82) is 0 Å². The van der Waals surface area contributed by atoms with Crippen LogP contribution in [-0.4, -0.2) is 45.9 Å². The van der Waals surface area contributed by atoms with E-state index in [1.807, 2.05) is 20.8 Å². The van der Waals surface area contributed by atoms with Crippen LogP contribution < -0.4 is 4.74 Å². The summed E-state index contributed by atoms with van der Waals surface area (Å²) >= 11 is 0. The van der Waals surface area contributed by atoms with Crippen molar-refractivity contribution >= 4 is 6.09 Å². The molecule has 21 heavy (non-hydrogen) atoms. The molecule has 3 atom stereocenters. The number of carbonyl (C=O) groups is 1. The molecule has 1 aliphatic rings. The van der Waals surface area contributed by atoms with Gasteiger partial charge in [-0.1, -0.05) is 20.8 Å². The van der Waals surface area contributed by atoms with Crippen molar-refractivity contribution in [2.75, 3.05) is 6.54 Å². The molecule has 0 aliphatic carbocycles. The largest absolute Gasteiger partial charge is 0.486 e. The molecule has 5 nitrogen and oxygen atoms in total. The fourth-order valence-corrected chi connectivity index (χ4v) is 2.82. The molecule has 1 aliphatic heterocycles. The monoisotopic (exact) mass is 296 g/mol. The SMILES string of the molecule is CC(C)(C)C1[C@H](F)[C@H](Oc2cccnc2)CCN1C(=O)O. The molecule has 1 saturated heterocycles. The number of aromatic nitrogens is 1. The zero-order valence-electron chi connectivity index (χ0n) is 12.5. The predicted molar refractivity (Wildman–Crippen MR) is 76.1 cm³/mol. The Kier molecular flexibility index (Phi) is 4.34. The zero-order valence-corrected chi connectivity index (χ0v) is 12.5. The van der Waals surface area contributed by atoms with Crippen molar-refractivity contribution < 1.29 is 19.0 Å². The lowest BCUT2D eigenvalue weighted by atomic mass is 9.78. The number of rotatable bonds is 2. The molecule has 0 saturated carbocycles. The molecule has 0 spiro atoms. The van der Waals surface area contributed by atoms with Gasteiger partial charge in [-0.15, -0.1) is 0 Å². The molecule has 1 N–H and O–H groups in total. The van der Waals surface area contributed by atoms with Crippen LogP contribution in [0.5, 0.6) is 5.75 Å². The van der Waals surface area contributed by atoms with E-state index >= 15 is 0 Å². The first-order valence-corrected chi connectivity index (χ1v) is 7.01. The van der Waals surface area contributed by atoms with Crippen LogP contribution in [-0.2, 0) is 0 Å². The Balaban J connectivity index is 2.18. The number of likely N-dealkylation sites (tertiary alicyclic amines) is 1. The summed E-state index contributed by atoms with van der Waals surface area (Å²) in [6.07, 6.45) is 0.351. The molecule has 1 aromatic rings. The first-order chi connectivity index (χ1) is 9.80. The minimum Gasteiger partial charge on any atom is -0.486 e. The second-order valence-electron chi connectivity index (χ2n) is 6.36. The van der Waals surface area contributed by atoms with Crippen molar-refractivity contribution in [2.24, 2.45) is 5.41 Å². The van der Waals surface area contributed by atoms with Crippen LogP contribution in [0.3, 0.4) is 0 Å². The van der Waals surface area contributed by atoms with Gasteiger partial charge in [-0.2, -0.15) is 0 Å². The second kappa shape index (κ2) is 5.87. The number of hydrogen-bond acceptors (Lipinski definition) is 3. The van der Waals surface area contributed by atoms with Gasteiger partial charge in [0, 0.05) is 19.2 Å². The van der Waals surface area contributed by atoms with Gasteiger partial charge in [0.25, 0.3) is 0 Å². The molecular weight excluding hydrogens is 275 g/mol. The Morgan fingerprint density at radius 2 is 2.24 bits per heavy atom. The summed E-state index contributed by atoms with van der Waals surface area (Å²) in [5.74, 6) is 0.501. The average molecular weight is 296 g/mol. The topological polar surface area (TPSA) is 62.7 Å². The van der Waals surface area contributed by atoms with Crippen LogP contribution in [0.15, 0.2) is 24.5 Å². The third-order valence-electron chi connectivity index (χ3n) is 3.70. The number of carboxylic acid groups (broad SMARTS) is 1. The Labute approximate surface area is 123 Å². The van der Waals surface area contributed by atoms with Gasteiger partial charge in [0.2, 0.25) is 0 Å². The van der Waals surface area contributed by atoms with Crippen LogP contribution in [0.25, 0.3) is 0 Å². The quantitative estimate of drug-likeness (QED) is 0.911. The zero-order chi connectivity index (χ0) is 15.6. The van der Waals surface area contributed by atoms with Crippen molar-refractivity contribution in [2.45, 2.75) is 45.5 Å². The van der Waals surface area contributed by atoms with Gasteiger partial charge in [0.1, 0.15) is 11.9 Å². The summed E-state index contributed by atoms with van der Waals surface area (Å²) in [5.41, 5.74) is -0.505. The summed E-state index contributed by atoms with van der Waals surface area (Å²) in [4.78, 5) is 16.5. The van der Waals surface area contributed by atoms with E-state index < -0.39 is 29.8 Å². The average Bonchev–Trinajstić information content (AvgIpc) is 2.40. The molecule has 0 radical (unpaired) electrons. The van der Waals surface area contributed by atoms with Gasteiger partial charge in [-0.05, 0) is 17.5 Å². The van der Waals surface area contributed by atoms with E-state index in [1.54, 1.807) is 18.3 Å². The fourth-order valence-electron chi connectivity index (χ4n) is 2.82. The number of halogens is 1. The van der Waals surface area contributed by atoms with E-state index in [1.165, 1.54) is 11.1 Å². The van der Waals surface area contributed by atoms with Gasteiger partial charge < -0.3 is 14.7 Å². The van der Waals surface area contributed by atoms with Crippen LogP contribution in [0, 0.1) is 5.41 Å². The number of piperidine rings is 1. The molecule has 0 bridgehead atoms. The lowest BCUT2D eigenvalue weighted by Crippen LogP contribution is -2.60. The number of pyridine rings is 1. The van der Waals surface area contributed by atoms with E-state index in [0.29, 0.717) is 12.2 Å². The molecule has 1 unspecified atom stereocenters. The maximum atomic E-state index is 14.9. The second-order valence-corrected chi connectivity index (χ2v) is 6.36. The van der Waals surface area contributed by atoms with Gasteiger partial charge >= 0.3 is 6.09 Å². The van der Waals surface area contributed by atoms with Gasteiger partial charge in [-0.25, -0.2) is 9.18 Å².